The molecule has 58 heavy (non-hydrogen) atoms. The summed E-state index contributed by atoms with van der Waals surface area (Å²) in [6.07, 6.45) is 11.1. The number of carbonyl (C=O) groups excluding carboxylic acids is 4. The van der Waals surface area contributed by atoms with E-state index in [0.717, 1.165) is 0 Å². The monoisotopic (exact) mass is 820 g/mol. The molecule has 0 spiro atoms. The second-order valence-electron chi connectivity index (χ2n) is 16.5. The Bertz CT molecular complexity index is 1330. The number of fused-ring (bicyclic) bond motifs is 4. The third kappa shape index (κ3) is 15.8. The lowest BCUT2D eigenvalue weighted by Gasteiger charge is -2.43. The van der Waals surface area contributed by atoms with Crippen LogP contribution in [0.2, 0.25) is 0 Å². The van der Waals surface area contributed by atoms with Gasteiger partial charge in [-0.15, -0.1) is 0 Å². The zero-order valence-electron chi connectivity index (χ0n) is 34.7. The lowest BCUT2D eigenvalue weighted by atomic mass is 9.85. The number of aliphatic hydroxyl groups excluding tert-OH is 4. The molecule has 0 radical (unpaired) electrons. The summed E-state index contributed by atoms with van der Waals surface area (Å²) in [6.45, 7) is 6.65. The fraction of sp³-hybridized carbons (Fsp3) is 0.727. The number of hydrogen-bond acceptors (Lipinski definition) is 14. The minimum Gasteiger partial charge on any atom is -0.461 e. The second kappa shape index (κ2) is 24.2. The zero-order chi connectivity index (χ0) is 42.9. The topological polar surface area (TPSA) is 227 Å². The summed E-state index contributed by atoms with van der Waals surface area (Å²) in [5.41, 5.74) is 0. The van der Waals surface area contributed by atoms with Gasteiger partial charge in [-0.1, -0.05) is 62.5 Å². The minimum absolute atomic E-state index is 0.0925. The van der Waals surface area contributed by atoms with E-state index in [-0.39, 0.29) is 37.2 Å². The van der Waals surface area contributed by atoms with Gasteiger partial charge in [0.15, 0.2) is 0 Å². The van der Waals surface area contributed by atoms with E-state index < -0.39 is 84.2 Å². The average molecular weight is 821 g/mol. The van der Waals surface area contributed by atoms with Crippen LogP contribution in [0.1, 0.15) is 130 Å². The number of allylic oxidation sites excluding steroid dienone is 8. The smallest absolute Gasteiger partial charge is 0.340 e. The third-order valence-corrected chi connectivity index (χ3v) is 11.2. The summed E-state index contributed by atoms with van der Waals surface area (Å²) in [6, 6.07) is 0. The van der Waals surface area contributed by atoms with Crippen molar-refractivity contribution in [2.45, 2.75) is 191 Å². The van der Waals surface area contributed by atoms with E-state index in [2.05, 4.69) is 0 Å². The molecule has 0 saturated carbocycles. The van der Waals surface area contributed by atoms with E-state index in [1.165, 1.54) is 0 Å². The molecule has 0 aromatic carbocycles. The third-order valence-electron chi connectivity index (χ3n) is 11.2. The molecule has 4 bridgehead atoms. The molecule has 0 aliphatic carbocycles. The van der Waals surface area contributed by atoms with Gasteiger partial charge in [0.1, 0.15) is 11.6 Å². The fourth-order valence-electron chi connectivity index (χ4n) is 7.45. The molecule has 3 aliphatic rings. The molecule has 14 heteroatoms. The van der Waals surface area contributed by atoms with Crippen molar-refractivity contribution in [1.82, 2.24) is 0 Å². The van der Waals surface area contributed by atoms with Crippen molar-refractivity contribution in [1.29, 1.82) is 0 Å². The summed E-state index contributed by atoms with van der Waals surface area (Å²) in [7, 11) is 0. The SMILES string of the molecule is C[C@@H]1CC[C@H]2CC(=O)C[C@@H](O)CC/C=C\C=C/CC[C@H](C)OC(=O)[C@H](O)[C@]3(O)O[C@@H](CC[C@H]3C)CC(=O)C[C@@H](O)CC/C=C\C=C/CC[C@H](C)OC(=O)[C@@H](O)[C@]1(O)O2. The Balaban J connectivity index is 1.63. The predicted octanol–water partition coefficient (Wildman–Crippen LogP) is 4.36. The van der Waals surface area contributed by atoms with Gasteiger partial charge >= 0.3 is 11.9 Å². The van der Waals surface area contributed by atoms with Crippen molar-refractivity contribution < 1.29 is 68.8 Å². The molecule has 6 N–H and O–H groups in total. The van der Waals surface area contributed by atoms with Gasteiger partial charge < -0.3 is 49.6 Å². The molecule has 328 valence electrons. The lowest BCUT2D eigenvalue weighted by molar-refractivity contribution is -0.317. The molecule has 3 aliphatic heterocycles. The first-order valence-electron chi connectivity index (χ1n) is 21.0. The molecule has 3 heterocycles. The summed E-state index contributed by atoms with van der Waals surface area (Å²) in [4.78, 5) is 51.4. The van der Waals surface area contributed by atoms with Crippen LogP contribution in [0.3, 0.4) is 0 Å². The number of Topliss-reactive ketones (excluding diaryl/α,β-unsaturated/α-hetero) is 2. The predicted molar refractivity (Wildman–Crippen MR) is 214 cm³/mol. The number of hydrogen-bond donors (Lipinski definition) is 6. The largest absolute Gasteiger partial charge is 0.461 e. The van der Waals surface area contributed by atoms with Crippen LogP contribution in [0, 0.1) is 11.8 Å². The van der Waals surface area contributed by atoms with Crippen LogP contribution in [0.5, 0.6) is 0 Å². The van der Waals surface area contributed by atoms with E-state index in [4.69, 9.17) is 18.9 Å². The van der Waals surface area contributed by atoms with Gasteiger partial charge in [0.2, 0.25) is 23.8 Å². The van der Waals surface area contributed by atoms with Crippen LogP contribution in [-0.4, -0.2) is 115 Å². The van der Waals surface area contributed by atoms with Crippen molar-refractivity contribution >= 4 is 23.5 Å². The quantitative estimate of drug-likeness (QED) is 0.187. The van der Waals surface area contributed by atoms with Gasteiger partial charge in [-0.25, -0.2) is 9.59 Å². The number of aliphatic hydroxyl groups is 6. The molecule has 0 unspecified atom stereocenters. The van der Waals surface area contributed by atoms with Gasteiger partial charge in [0, 0.05) is 37.5 Å². The Morgan fingerprint density at radius 2 is 0.810 bits per heavy atom. The van der Waals surface area contributed by atoms with E-state index >= 15 is 0 Å². The molecule has 2 saturated heterocycles. The van der Waals surface area contributed by atoms with Crippen molar-refractivity contribution in [2.75, 3.05) is 0 Å². The fourth-order valence-corrected chi connectivity index (χ4v) is 7.45. The maximum absolute atomic E-state index is 12.9. The molecule has 0 aromatic heterocycles. The number of cyclic esters (lactones) is 2. The van der Waals surface area contributed by atoms with Crippen LogP contribution in [0.15, 0.2) is 48.6 Å². The Kier molecular flexibility index (Phi) is 20.6. The van der Waals surface area contributed by atoms with E-state index in [1.807, 2.05) is 24.3 Å². The molecule has 3 rings (SSSR count). The summed E-state index contributed by atoms with van der Waals surface area (Å²) < 4.78 is 22.4. The van der Waals surface area contributed by atoms with Crippen molar-refractivity contribution in [3.05, 3.63) is 48.6 Å². The van der Waals surface area contributed by atoms with E-state index in [0.29, 0.717) is 77.0 Å². The number of esters is 2. The first-order chi connectivity index (χ1) is 27.4. The van der Waals surface area contributed by atoms with E-state index in [1.54, 1.807) is 52.0 Å². The average Bonchev–Trinajstić information content (AvgIpc) is 3.15. The van der Waals surface area contributed by atoms with Crippen LogP contribution in [0.25, 0.3) is 0 Å². The second-order valence-corrected chi connectivity index (χ2v) is 16.5. The van der Waals surface area contributed by atoms with Crippen molar-refractivity contribution in [3.63, 3.8) is 0 Å². The molecular weight excluding hydrogens is 752 g/mol. The zero-order valence-corrected chi connectivity index (χ0v) is 34.7. The number of carbonyl (C=O) groups is 4. The van der Waals surface area contributed by atoms with Gasteiger partial charge in [0.05, 0.1) is 36.6 Å². The lowest BCUT2D eigenvalue weighted by Crippen LogP contribution is -2.58. The standard InChI is InChI=1S/C44H68O14/c1-29-21-23-37-27-35(47)25-33(45)19-15-11-8-6-10-14-18-32(4)56-42(52)40(50)44(54)30(2)22-24-38(58-44)28-36(48)26-34(46)20-16-12-7-5-9-13-17-31(3)55-41(51)39(49)43(29,53)57-37/h5-12,29-34,37-40,45-46,49-50,53-54H,13-28H2,1-4H3/b9-5-,10-6-,11-8-,12-7-/t29-,30-,31+,32+,33+,34+,37+,38+,39-,40+,43-,44-/m1/s1. The molecule has 2 fully saturated rings. The van der Waals surface area contributed by atoms with Crippen LogP contribution < -0.4 is 0 Å². The van der Waals surface area contributed by atoms with Gasteiger partial charge in [-0.3, -0.25) is 9.59 Å². The minimum atomic E-state index is -2.24. The normalized spacial score (nSPS) is 40.8. The summed E-state index contributed by atoms with van der Waals surface area (Å²) >= 11 is 0. The van der Waals surface area contributed by atoms with Gasteiger partial charge in [-0.05, 0) is 90.9 Å². The maximum atomic E-state index is 12.9. The highest BCUT2D eigenvalue weighted by molar-refractivity contribution is 5.80. The van der Waals surface area contributed by atoms with Crippen molar-refractivity contribution in [3.8, 4) is 0 Å². The van der Waals surface area contributed by atoms with Crippen LogP contribution in [0.4, 0.5) is 0 Å². The Labute approximate surface area is 343 Å². The Morgan fingerprint density at radius 3 is 1.16 bits per heavy atom. The first kappa shape index (κ1) is 49.3. The van der Waals surface area contributed by atoms with Crippen molar-refractivity contribution in [2.24, 2.45) is 11.8 Å². The Hall–Kier alpha value is -3.08. The van der Waals surface area contributed by atoms with Crippen LogP contribution >= 0.6 is 0 Å². The summed E-state index contributed by atoms with van der Waals surface area (Å²) in [5, 5.41) is 65.2. The molecular formula is C44H68O14. The number of ketones is 2. The van der Waals surface area contributed by atoms with Gasteiger partial charge in [-0.2, -0.15) is 0 Å². The first-order valence-corrected chi connectivity index (χ1v) is 21.0. The highest BCUT2D eigenvalue weighted by atomic mass is 16.7. The van der Waals surface area contributed by atoms with Gasteiger partial charge in [0.25, 0.3) is 0 Å². The number of rotatable bonds is 0. The highest BCUT2D eigenvalue weighted by Gasteiger charge is 2.52. The van der Waals surface area contributed by atoms with Crippen LogP contribution in [-0.2, 0) is 38.1 Å². The summed E-state index contributed by atoms with van der Waals surface area (Å²) in [5.74, 6) is -8.28. The molecule has 0 aromatic rings. The number of ether oxygens (including phenoxy) is 4. The molecule has 12 atom stereocenters. The van der Waals surface area contributed by atoms with E-state index in [9.17, 15) is 49.8 Å². The maximum Gasteiger partial charge on any atom is 0.340 e. The molecule has 0 amide bonds. The highest BCUT2D eigenvalue weighted by Crippen LogP contribution is 2.38. The molecule has 14 nitrogen and oxygen atoms in total. The Morgan fingerprint density at radius 1 is 0.483 bits per heavy atom.